The Labute approximate surface area is 146 Å². The van der Waals surface area contributed by atoms with Crippen LogP contribution in [0.2, 0.25) is 0 Å². The van der Waals surface area contributed by atoms with Crippen molar-refractivity contribution < 1.29 is 13.3 Å². The summed E-state index contributed by atoms with van der Waals surface area (Å²) < 4.78 is 31.9. The van der Waals surface area contributed by atoms with Gasteiger partial charge in [0.1, 0.15) is 17.4 Å². The number of aliphatic imine (C=N–C) groups is 1. The first-order valence-electron chi connectivity index (χ1n) is 8.39. The summed E-state index contributed by atoms with van der Waals surface area (Å²) in [6.07, 6.45) is 1.11. The quantitative estimate of drug-likeness (QED) is 0.595. The average Bonchev–Trinajstić information content (AvgIpc) is 2.90. The molecule has 0 radical (unpaired) electrons. The molecule has 2 rings (SSSR count). The first-order chi connectivity index (χ1) is 12.0. The van der Waals surface area contributed by atoms with Gasteiger partial charge in [0.05, 0.1) is 5.69 Å². The van der Waals surface area contributed by atoms with Crippen LogP contribution in [0.3, 0.4) is 0 Å². The molecule has 0 fully saturated rings. The Morgan fingerprint density at radius 1 is 1.20 bits per heavy atom. The molecule has 0 spiro atoms. The third kappa shape index (κ3) is 5.55. The normalized spacial score (nSPS) is 11.6. The van der Waals surface area contributed by atoms with E-state index < -0.39 is 11.6 Å². The molecule has 0 atom stereocenters. The van der Waals surface area contributed by atoms with Gasteiger partial charge in [-0.25, -0.2) is 8.78 Å². The van der Waals surface area contributed by atoms with Gasteiger partial charge in [-0.1, -0.05) is 5.16 Å². The molecule has 0 aliphatic rings. The van der Waals surface area contributed by atoms with Crippen LogP contribution in [-0.2, 0) is 12.8 Å². The predicted molar refractivity (Wildman–Crippen MR) is 93.7 cm³/mol. The standard InChI is InChI=1S/C18H24F2N4O/c1-4-21-18(23-10-8-16-12(2)24-25-13(16)3)22-9-7-14-11-15(19)5-6-17(14)20/h5-6,11H,4,7-10H2,1-3H3,(H2,21,22,23). The number of aromatic nitrogens is 1. The van der Waals surface area contributed by atoms with Crippen molar-refractivity contribution in [2.45, 2.75) is 33.6 Å². The SMILES string of the molecule is CCNC(=NCCc1c(C)noc1C)NCCc1cc(F)ccc1F. The van der Waals surface area contributed by atoms with Gasteiger partial charge in [-0.15, -0.1) is 0 Å². The fourth-order valence-corrected chi connectivity index (χ4v) is 2.53. The van der Waals surface area contributed by atoms with Crippen LogP contribution >= 0.6 is 0 Å². The lowest BCUT2D eigenvalue weighted by atomic mass is 10.1. The third-order valence-electron chi connectivity index (χ3n) is 3.85. The van der Waals surface area contributed by atoms with Crippen LogP contribution in [0.25, 0.3) is 0 Å². The number of nitrogens with one attached hydrogen (secondary N) is 2. The van der Waals surface area contributed by atoms with E-state index in [0.717, 1.165) is 35.6 Å². The van der Waals surface area contributed by atoms with Crippen LogP contribution < -0.4 is 10.6 Å². The molecular weight excluding hydrogens is 326 g/mol. The molecular formula is C18H24F2N4O. The number of rotatable bonds is 7. The molecule has 5 nitrogen and oxygen atoms in total. The maximum Gasteiger partial charge on any atom is 0.191 e. The fourth-order valence-electron chi connectivity index (χ4n) is 2.53. The minimum atomic E-state index is -0.434. The van der Waals surface area contributed by atoms with E-state index in [1.54, 1.807) is 0 Å². The van der Waals surface area contributed by atoms with Gasteiger partial charge in [0.15, 0.2) is 5.96 Å². The maximum atomic E-state index is 13.6. The maximum absolute atomic E-state index is 13.6. The van der Waals surface area contributed by atoms with Gasteiger partial charge in [-0.05, 0) is 57.4 Å². The summed E-state index contributed by atoms with van der Waals surface area (Å²) in [4.78, 5) is 4.50. The van der Waals surface area contributed by atoms with Crippen LogP contribution in [0.5, 0.6) is 0 Å². The number of hydrogen-bond acceptors (Lipinski definition) is 3. The second-order valence-corrected chi connectivity index (χ2v) is 5.73. The van der Waals surface area contributed by atoms with Crippen molar-refractivity contribution >= 4 is 5.96 Å². The monoisotopic (exact) mass is 350 g/mol. The molecule has 0 unspecified atom stereocenters. The zero-order chi connectivity index (χ0) is 18.2. The number of hydrogen-bond donors (Lipinski definition) is 2. The molecule has 2 N–H and O–H groups in total. The van der Waals surface area contributed by atoms with E-state index in [9.17, 15) is 8.78 Å². The van der Waals surface area contributed by atoms with Crippen molar-refractivity contribution in [3.05, 3.63) is 52.4 Å². The summed E-state index contributed by atoms with van der Waals surface area (Å²) in [5.41, 5.74) is 2.30. The topological polar surface area (TPSA) is 62.5 Å². The van der Waals surface area contributed by atoms with Crippen molar-refractivity contribution in [2.75, 3.05) is 19.6 Å². The molecule has 0 amide bonds. The van der Waals surface area contributed by atoms with Crippen LogP contribution in [-0.4, -0.2) is 30.8 Å². The number of guanidine groups is 1. The largest absolute Gasteiger partial charge is 0.361 e. The summed E-state index contributed by atoms with van der Waals surface area (Å²) in [5, 5.41) is 10.2. The van der Waals surface area contributed by atoms with Gasteiger partial charge in [0, 0.05) is 25.2 Å². The molecule has 0 aliphatic heterocycles. The van der Waals surface area contributed by atoms with Crippen LogP contribution in [0, 0.1) is 25.5 Å². The molecule has 1 heterocycles. The van der Waals surface area contributed by atoms with Crippen molar-refractivity contribution in [3.63, 3.8) is 0 Å². The smallest absolute Gasteiger partial charge is 0.191 e. The van der Waals surface area contributed by atoms with E-state index in [4.69, 9.17) is 4.52 Å². The van der Waals surface area contributed by atoms with E-state index >= 15 is 0 Å². The highest BCUT2D eigenvalue weighted by atomic mass is 19.1. The molecule has 0 bridgehead atoms. The van der Waals surface area contributed by atoms with Gasteiger partial charge >= 0.3 is 0 Å². The van der Waals surface area contributed by atoms with Crippen molar-refractivity contribution in [1.29, 1.82) is 0 Å². The summed E-state index contributed by atoms with van der Waals surface area (Å²) in [6, 6.07) is 3.48. The Balaban J connectivity index is 1.88. The predicted octanol–water partition coefficient (Wildman–Crippen LogP) is 2.91. The zero-order valence-corrected chi connectivity index (χ0v) is 14.8. The van der Waals surface area contributed by atoms with Crippen molar-refractivity contribution in [1.82, 2.24) is 15.8 Å². The Morgan fingerprint density at radius 2 is 2.00 bits per heavy atom. The highest BCUT2D eigenvalue weighted by molar-refractivity contribution is 5.79. The van der Waals surface area contributed by atoms with Crippen molar-refractivity contribution in [2.24, 2.45) is 4.99 Å². The molecule has 25 heavy (non-hydrogen) atoms. The zero-order valence-electron chi connectivity index (χ0n) is 14.8. The Kier molecular flexibility index (Phi) is 6.91. The van der Waals surface area contributed by atoms with E-state index in [-0.39, 0.29) is 0 Å². The average molecular weight is 350 g/mol. The number of aryl methyl sites for hydroxylation is 2. The van der Waals surface area contributed by atoms with Gasteiger partial charge in [-0.2, -0.15) is 0 Å². The van der Waals surface area contributed by atoms with Crippen LogP contribution in [0.1, 0.15) is 29.5 Å². The summed E-state index contributed by atoms with van der Waals surface area (Å²) >= 11 is 0. The lowest BCUT2D eigenvalue weighted by molar-refractivity contribution is 0.392. The Hall–Kier alpha value is -2.44. The number of benzene rings is 1. The lowest BCUT2D eigenvalue weighted by Crippen LogP contribution is -2.38. The molecule has 1 aromatic carbocycles. The van der Waals surface area contributed by atoms with Crippen LogP contribution in [0.4, 0.5) is 8.78 Å². The summed E-state index contributed by atoms with van der Waals surface area (Å²) in [6.45, 7) is 7.51. The van der Waals surface area contributed by atoms with Gasteiger partial charge < -0.3 is 15.2 Å². The Morgan fingerprint density at radius 3 is 2.68 bits per heavy atom. The molecule has 136 valence electrons. The van der Waals surface area contributed by atoms with E-state index in [1.807, 2.05) is 20.8 Å². The van der Waals surface area contributed by atoms with Crippen LogP contribution in [0.15, 0.2) is 27.7 Å². The minimum absolute atomic E-state index is 0.346. The second kappa shape index (κ2) is 9.15. The molecule has 1 aromatic heterocycles. The molecule has 0 aliphatic carbocycles. The number of halogens is 2. The third-order valence-corrected chi connectivity index (χ3v) is 3.85. The summed E-state index contributed by atoms with van der Waals surface area (Å²) in [7, 11) is 0. The number of nitrogens with zero attached hydrogens (tertiary/aromatic N) is 2. The molecule has 0 saturated carbocycles. The molecule has 2 aromatic rings. The first-order valence-corrected chi connectivity index (χ1v) is 8.39. The highest BCUT2D eigenvalue weighted by Crippen LogP contribution is 2.12. The Bertz CT molecular complexity index is 708. The highest BCUT2D eigenvalue weighted by Gasteiger charge is 2.08. The van der Waals surface area contributed by atoms with Gasteiger partial charge in [0.25, 0.3) is 0 Å². The first kappa shape index (κ1) is 18.9. The minimum Gasteiger partial charge on any atom is -0.361 e. The lowest BCUT2D eigenvalue weighted by Gasteiger charge is -2.11. The second-order valence-electron chi connectivity index (χ2n) is 5.73. The fraction of sp³-hybridized carbons (Fsp3) is 0.444. The van der Waals surface area contributed by atoms with Gasteiger partial charge in [0.2, 0.25) is 0 Å². The van der Waals surface area contributed by atoms with Gasteiger partial charge in [-0.3, -0.25) is 4.99 Å². The molecule has 7 heteroatoms. The van der Waals surface area contributed by atoms with E-state index in [2.05, 4.69) is 20.8 Å². The summed E-state index contributed by atoms with van der Waals surface area (Å²) in [5.74, 6) is 0.623. The van der Waals surface area contributed by atoms with Crippen molar-refractivity contribution in [3.8, 4) is 0 Å². The van der Waals surface area contributed by atoms with E-state index in [0.29, 0.717) is 37.6 Å². The molecule has 0 saturated heterocycles. The van der Waals surface area contributed by atoms with E-state index in [1.165, 1.54) is 6.07 Å².